The lowest BCUT2D eigenvalue weighted by Gasteiger charge is -2.09. The van der Waals surface area contributed by atoms with Crippen molar-refractivity contribution in [2.75, 3.05) is 7.11 Å². The number of carbonyl (C=O) groups excluding carboxylic acids is 1. The van der Waals surface area contributed by atoms with Gasteiger partial charge in [-0.25, -0.2) is 0 Å². The monoisotopic (exact) mass is 293 g/mol. The molecule has 0 aliphatic heterocycles. The van der Waals surface area contributed by atoms with Crippen LogP contribution < -0.4 is 4.74 Å². The van der Waals surface area contributed by atoms with E-state index in [9.17, 15) is 9.90 Å². The maximum absolute atomic E-state index is 12.9. The molecule has 0 bridgehead atoms. The second-order valence-electron chi connectivity index (χ2n) is 5.53. The van der Waals surface area contributed by atoms with E-state index in [1.54, 1.807) is 6.07 Å². The number of aromatic hydroxyl groups is 1. The van der Waals surface area contributed by atoms with Crippen LogP contribution in [0.3, 0.4) is 0 Å². The lowest BCUT2D eigenvalue weighted by Crippen LogP contribution is -2.04. The molecule has 0 saturated heterocycles. The molecule has 2 aromatic carbocycles. The number of carbonyl (C=O) groups is 1. The van der Waals surface area contributed by atoms with Crippen molar-refractivity contribution >= 4 is 16.7 Å². The zero-order chi connectivity index (χ0) is 15.3. The van der Waals surface area contributed by atoms with Crippen LogP contribution in [0.25, 0.3) is 10.9 Å². The zero-order valence-corrected chi connectivity index (χ0v) is 12.1. The Morgan fingerprint density at radius 2 is 2.00 bits per heavy atom. The van der Waals surface area contributed by atoms with E-state index in [2.05, 4.69) is 4.98 Å². The Kier molecular flexibility index (Phi) is 2.73. The summed E-state index contributed by atoms with van der Waals surface area (Å²) in [4.78, 5) is 16.1. The number of benzene rings is 2. The van der Waals surface area contributed by atoms with Crippen molar-refractivity contribution in [2.24, 2.45) is 0 Å². The Labute approximate surface area is 127 Å². The number of methoxy groups -OCH3 is 1. The molecule has 0 unspecified atom stereocenters. The van der Waals surface area contributed by atoms with Gasteiger partial charge in [-0.3, -0.25) is 4.79 Å². The molecule has 4 heteroatoms. The Bertz CT molecular complexity index is 908. The van der Waals surface area contributed by atoms with Gasteiger partial charge in [0, 0.05) is 16.5 Å². The molecule has 4 rings (SSSR count). The van der Waals surface area contributed by atoms with Crippen molar-refractivity contribution in [3.8, 4) is 11.5 Å². The molecular weight excluding hydrogens is 278 g/mol. The summed E-state index contributed by atoms with van der Waals surface area (Å²) in [5, 5.41) is 11.1. The molecule has 0 spiro atoms. The van der Waals surface area contributed by atoms with Gasteiger partial charge in [-0.15, -0.1) is 0 Å². The van der Waals surface area contributed by atoms with E-state index in [1.807, 2.05) is 24.3 Å². The first-order chi connectivity index (χ1) is 10.7. The number of aromatic nitrogens is 1. The van der Waals surface area contributed by atoms with E-state index in [-0.39, 0.29) is 11.5 Å². The molecule has 1 aromatic heterocycles. The minimum atomic E-state index is -0.0725. The van der Waals surface area contributed by atoms with Gasteiger partial charge in [0.15, 0.2) is 11.5 Å². The summed E-state index contributed by atoms with van der Waals surface area (Å²) >= 11 is 0. The molecule has 0 radical (unpaired) electrons. The van der Waals surface area contributed by atoms with Gasteiger partial charge < -0.3 is 14.8 Å². The van der Waals surface area contributed by atoms with Gasteiger partial charge in [-0.05, 0) is 42.2 Å². The fourth-order valence-corrected chi connectivity index (χ4v) is 3.24. The first kappa shape index (κ1) is 13.0. The minimum absolute atomic E-state index is 0.00541. The second kappa shape index (κ2) is 4.63. The second-order valence-corrected chi connectivity index (χ2v) is 5.53. The van der Waals surface area contributed by atoms with E-state index in [0.717, 1.165) is 34.9 Å². The predicted octanol–water partition coefficient (Wildman–Crippen LogP) is 3.21. The molecule has 2 N–H and O–H groups in total. The Morgan fingerprint density at radius 3 is 2.82 bits per heavy atom. The number of fused-ring (bicyclic) bond motifs is 4. The highest BCUT2D eigenvalue weighted by molar-refractivity contribution is 6.13. The fraction of sp³-hybridized carbons (Fsp3) is 0.167. The summed E-state index contributed by atoms with van der Waals surface area (Å²) in [5.74, 6) is 0.327. The number of nitrogens with one attached hydrogen (secondary N) is 1. The summed E-state index contributed by atoms with van der Waals surface area (Å²) in [5.41, 5.74) is 4.11. The van der Waals surface area contributed by atoms with E-state index >= 15 is 0 Å². The third-order valence-electron chi connectivity index (χ3n) is 4.33. The van der Waals surface area contributed by atoms with Gasteiger partial charge in [0.2, 0.25) is 5.78 Å². The molecule has 22 heavy (non-hydrogen) atoms. The smallest absolute Gasteiger partial charge is 0.209 e. The van der Waals surface area contributed by atoms with Crippen molar-refractivity contribution in [1.82, 2.24) is 4.98 Å². The van der Waals surface area contributed by atoms with Crippen molar-refractivity contribution in [1.29, 1.82) is 0 Å². The normalized spacial score (nSPS) is 13.6. The lowest BCUT2D eigenvalue weighted by atomic mass is 10.0. The first-order valence-electron chi connectivity index (χ1n) is 7.23. The molecule has 0 atom stereocenters. The zero-order valence-electron chi connectivity index (χ0n) is 12.1. The number of rotatable bonds is 1. The van der Waals surface area contributed by atoms with Crippen LogP contribution in [0.1, 0.15) is 27.2 Å². The van der Waals surface area contributed by atoms with Crippen molar-refractivity contribution in [2.45, 2.75) is 12.8 Å². The molecule has 1 aliphatic rings. The van der Waals surface area contributed by atoms with Crippen LogP contribution in [-0.2, 0) is 12.8 Å². The number of hydrogen-bond acceptors (Lipinski definition) is 3. The molecule has 1 heterocycles. The SMILES string of the molecule is COc1cc2c(cc1O)C(=O)c1[nH]c3ccccc3c1CC2. The van der Waals surface area contributed by atoms with Crippen molar-refractivity contribution in [3.63, 3.8) is 0 Å². The summed E-state index contributed by atoms with van der Waals surface area (Å²) < 4.78 is 5.15. The number of phenolic OH excluding ortho intramolecular Hbond substituents is 1. The van der Waals surface area contributed by atoms with Gasteiger partial charge >= 0.3 is 0 Å². The number of phenols is 1. The van der Waals surface area contributed by atoms with Gasteiger partial charge in [0.05, 0.1) is 12.8 Å². The van der Waals surface area contributed by atoms with Crippen LogP contribution >= 0.6 is 0 Å². The van der Waals surface area contributed by atoms with E-state index in [0.29, 0.717) is 17.0 Å². The summed E-state index contributed by atoms with van der Waals surface area (Å²) in [6.07, 6.45) is 1.53. The fourth-order valence-electron chi connectivity index (χ4n) is 3.24. The Morgan fingerprint density at radius 1 is 1.18 bits per heavy atom. The number of H-pyrrole nitrogens is 1. The van der Waals surface area contributed by atoms with Crippen LogP contribution in [0.2, 0.25) is 0 Å². The number of hydrogen-bond donors (Lipinski definition) is 2. The highest BCUT2D eigenvalue weighted by atomic mass is 16.5. The summed E-state index contributed by atoms with van der Waals surface area (Å²) in [7, 11) is 1.51. The number of ketones is 1. The average Bonchev–Trinajstić information content (AvgIpc) is 2.85. The largest absolute Gasteiger partial charge is 0.504 e. The van der Waals surface area contributed by atoms with Gasteiger partial charge in [-0.2, -0.15) is 0 Å². The maximum atomic E-state index is 12.9. The predicted molar refractivity (Wildman–Crippen MR) is 83.8 cm³/mol. The van der Waals surface area contributed by atoms with Gasteiger partial charge in [0.25, 0.3) is 0 Å². The number of aryl methyl sites for hydroxylation is 2. The van der Waals surface area contributed by atoms with E-state index in [1.165, 1.54) is 13.2 Å². The molecule has 0 saturated carbocycles. The van der Waals surface area contributed by atoms with Crippen LogP contribution in [0.4, 0.5) is 0 Å². The minimum Gasteiger partial charge on any atom is -0.504 e. The highest BCUT2D eigenvalue weighted by Crippen LogP contribution is 2.35. The van der Waals surface area contributed by atoms with Crippen LogP contribution in [0.15, 0.2) is 36.4 Å². The molecule has 0 amide bonds. The topological polar surface area (TPSA) is 62.3 Å². The standard InChI is InChI=1S/C18H15NO3/c1-22-16-8-10-6-7-12-11-4-2-3-5-14(11)19-17(12)18(21)13(10)9-15(16)20/h2-5,8-9,19-20H,6-7H2,1H3. The summed E-state index contributed by atoms with van der Waals surface area (Å²) in [6.45, 7) is 0. The third kappa shape index (κ3) is 1.73. The number of ether oxygens (including phenoxy) is 1. The molecule has 4 nitrogen and oxygen atoms in total. The average molecular weight is 293 g/mol. The van der Waals surface area contributed by atoms with E-state index in [4.69, 9.17) is 4.74 Å². The summed E-state index contributed by atoms with van der Waals surface area (Å²) in [6, 6.07) is 11.2. The number of aromatic amines is 1. The Balaban J connectivity index is 1.94. The molecule has 3 aromatic rings. The Hall–Kier alpha value is -2.75. The third-order valence-corrected chi connectivity index (χ3v) is 4.33. The van der Waals surface area contributed by atoms with Crippen molar-refractivity contribution < 1.29 is 14.6 Å². The molecule has 0 fully saturated rings. The lowest BCUT2D eigenvalue weighted by molar-refractivity contribution is 0.103. The van der Waals surface area contributed by atoms with Gasteiger partial charge in [-0.1, -0.05) is 18.2 Å². The van der Waals surface area contributed by atoms with Crippen LogP contribution in [0.5, 0.6) is 11.5 Å². The first-order valence-corrected chi connectivity index (χ1v) is 7.23. The van der Waals surface area contributed by atoms with Crippen molar-refractivity contribution in [3.05, 3.63) is 58.8 Å². The van der Waals surface area contributed by atoms with E-state index < -0.39 is 0 Å². The number of para-hydroxylation sites is 1. The quantitative estimate of drug-likeness (QED) is 0.724. The molecule has 1 aliphatic carbocycles. The van der Waals surface area contributed by atoms with Crippen LogP contribution in [0, 0.1) is 0 Å². The highest BCUT2D eigenvalue weighted by Gasteiger charge is 2.26. The van der Waals surface area contributed by atoms with Crippen LogP contribution in [-0.4, -0.2) is 23.0 Å². The molecular formula is C18H15NO3. The van der Waals surface area contributed by atoms with Gasteiger partial charge in [0.1, 0.15) is 0 Å². The molecule has 110 valence electrons. The maximum Gasteiger partial charge on any atom is 0.209 e.